The smallest absolute Gasteiger partial charge is 0.331 e. The van der Waals surface area contributed by atoms with Gasteiger partial charge in [-0.2, -0.15) is 0 Å². The number of aliphatic hydroxyl groups is 5. The average Bonchev–Trinajstić information content (AvgIpc) is 3.77. The molecule has 0 amide bonds. The Hall–Kier alpha value is -1.68. The minimum absolute atomic E-state index is 0.459. The van der Waals surface area contributed by atoms with Crippen LogP contribution in [-0.2, 0) is 38.0 Å². The third kappa shape index (κ3) is 2.70. The number of cyclic esters (lactones) is 1. The summed E-state index contributed by atoms with van der Waals surface area (Å²) in [7, 11) is 0. The summed E-state index contributed by atoms with van der Waals surface area (Å²) < 4.78 is 35.0. The number of esters is 2. The van der Waals surface area contributed by atoms with Crippen LogP contribution < -0.4 is 0 Å². The maximum Gasteiger partial charge on any atom is 0.331 e. The first-order valence-electron chi connectivity index (χ1n) is 12.5. The summed E-state index contributed by atoms with van der Waals surface area (Å²) in [6.07, 6.45) is -11.6. The number of aliphatic hydroxyl groups excluding tert-OH is 5. The number of hydrogen-bond donors (Lipinski definition) is 5. The van der Waals surface area contributed by atoms with Crippen LogP contribution in [0.15, 0.2) is 11.6 Å². The molecule has 0 radical (unpaired) electrons. The second kappa shape index (κ2) is 7.29. The zero-order valence-corrected chi connectivity index (χ0v) is 20.3. The lowest BCUT2D eigenvalue weighted by molar-refractivity contribution is -0.317. The van der Waals surface area contributed by atoms with E-state index in [0.29, 0.717) is 5.57 Å². The lowest BCUT2D eigenvalue weighted by atomic mass is 9.46. The first-order chi connectivity index (χ1) is 17.4. The first-order valence-corrected chi connectivity index (χ1v) is 12.5. The number of rotatable bonds is 4. The summed E-state index contributed by atoms with van der Waals surface area (Å²) in [6.45, 7) is 4.52. The van der Waals surface area contributed by atoms with E-state index in [9.17, 15) is 35.1 Å². The van der Waals surface area contributed by atoms with Gasteiger partial charge in [-0.15, -0.1) is 0 Å². The average molecular weight is 526 g/mol. The Balaban J connectivity index is 1.24. The predicted octanol–water partition coefficient (Wildman–Crippen LogP) is -3.11. The van der Waals surface area contributed by atoms with Crippen LogP contribution in [0.3, 0.4) is 0 Å². The number of carbonyl (C=O) groups excluding carboxylic acids is 2. The molecule has 0 unspecified atom stereocenters. The van der Waals surface area contributed by atoms with Gasteiger partial charge in [0.05, 0.1) is 24.9 Å². The van der Waals surface area contributed by atoms with Crippen molar-refractivity contribution in [1.29, 1.82) is 0 Å². The fraction of sp³-hybridized carbons (Fsp3) is 0.833. The van der Waals surface area contributed by atoms with Gasteiger partial charge in [0, 0.05) is 17.4 Å². The van der Waals surface area contributed by atoms with Gasteiger partial charge in [0.25, 0.3) is 0 Å². The standard InChI is InChI=1S/C24H30O13/c1-6(32-20-12(29)11(28)10(27)7(5-25)33-20)17-24-8(4-9(26)34-17)22(2)15-13(19(24)37-24)36-21(31)23(15,3)16(30)14-18(22)35-14/h4,6-7,10-20,25,27-30H,5H2,1-3H3/t6-,7-,10-,11+,12-,13+,14-,15+,16+,17-,18-,19-,20-,22-,23-,24+/m1/s1. The van der Waals surface area contributed by atoms with E-state index >= 15 is 0 Å². The predicted molar refractivity (Wildman–Crippen MR) is 114 cm³/mol. The largest absolute Gasteiger partial charge is 0.459 e. The summed E-state index contributed by atoms with van der Waals surface area (Å²) in [5, 5.41) is 51.1. The number of ether oxygens (including phenoxy) is 6. The van der Waals surface area contributed by atoms with Crippen molar-refractivity contribution in [3.05, 3.63) is 11.6 Å². The van der Waals surface area contributed by atoms with Gasteiger partial charge in [0.2, 0.25) is 0 Å². The van der Waals surface area contributed by atoms with E-state index in [0.717, 1.165) is 0 Å². The monoisotopic (exact) mass is 526 g/mol. The third-order valence-corrected chi connectivity index (χ3v) is 9.88. The number of epoxide rings is 2. The Kier molecular flexibility index (Phi) is 4.80. The van der Waals surface area contributed by atoms with Crippen LogP contribution >= 0.6 is 0 Å². The summed E-state index contributed by atoms with van der Waals surface area (Å²) in [4.78, 5) is 26.0. The summed E-state index contributed by atoms with van der Waals surface area (Å²) >= 11 is 0. The molecule has 13 nitrogen and oxygen atoms in total. The van der Waals surface area contributed by atoms with Crippen LogP contribution in [0.1, 0.15) is 20.8 Å². The summed E-state index contributed by atoms with van der Waals surface area (Å²) in [6, 6.07) is 0. The Bertz CT molecular complexity index is 1090. The third-order valence-electron chi connectivity index (χ3n) is 9.88. The lowest BCUT2D eigenvalue weighted by Crippen LogP contribution is -2.66. The van der Waals surface area contributed by atoms with Crippen molar-refractivity contribution >= 4 is 11.9 Å². The minimum atomic E-state index is -1.65. The molecule has 5 aliphatic heterocycles. The lowest BCUT2D eigenvalue weighted by Gasteiger charge is -2.53. The zero-order chi connectivity index (χ0) is 26.4. The Morgan fingerprint density at radius 2 is 1.70 bits per heavy atom. The van der Waals surface area contributed by atoms with Crippen LogP contribution in [-0.4, -0.2) is 123 Å². The SMILES string of the molecule is C[C@@H](O[C@@H]1O[C@H](CO)[C@@H](O)[C@H](O)[C@H]1O)[C@H]1OC(=O)C=C2[C@]3(C)[C@@H]4[C@H](OC(=O)[C@@]4(C)[C@@H](O)[C@H]4O[C@H]43)[C@H]3O[C@]231. The van der Waals surface area contributed by atoms with Crippen LogP contribution in [0, 0.1) is 16.7 Å². The summed E-state index contributed by atoms with van der Waals surface area (Å²) in [5.41, 5.74) is -2.75. The van der Waals surface area contributed by atoms with E-state index in [4.69, 9.17) is 28.4 Å². The maximum absolute atomic E-state index is 13.1. The highest BCUT2D eigenvalue weighted by Gasteiger charge is 2.89. The van der Waals surface area contributed by atoms with Crippen molar-refractivity contribution in [2.24, 2.45) is 16.7 Å². The zero-order valence-electron chi connectivity index (χ0n) is 20.3. The molecule has 13 heteroatoms. The minimum Gasteiger partial charge on any atom is -0.459 e. The van der Waals surface area contributed by atoms with Crippen molar-refractivity contribution < 1.29 is 63.5 Å². The number of carbonyl (C=O) groups is 2. The first kappa shape index (κ1) is 24.4. The van der Waals surface area contributed by atoms with Gasteiger partial charge >= 0.3 is 11.9 Å². The Labute approximate surface area is 210 Å². The van der Waals surface area contributed by atoms with E-state index in [2.05, 4.69) is 0 Å². The molecule has 1 spiro atoms. The molecule has 0 aromatic rings. The molecule has 5 heterocycles. The molecule has 16 atom stereocenters. The second-order valence-electron chi connectivity index (χ2n) is 11.7. The number of fused-ring (bicyclic) bond motifs is 4. The highest BCUT2D eigenvalue weighted by molar-refractivity contribution is 5.88. The molecule has 37 heavy (non-hydrogen) atoms. The highest BCUT2D eigenvalue weighted by atomic mass is 16.7. The summed E-state index contributed by atoms with van der Waals surface area (Å²) in [5.74, 6) is -1.71. The molecule has 2 saturated carbocycles. The maximum atomic E-state index is 13.1. The van der Waals surface area contributed by atoms with Crippen molar-refractivity contribution in [2.75, 3.05) is 6.61 Å². The molecule has 7 aliphatic rings. The van der Waals surface area contributed by atoms with Crippen LogP contribution in [0.4, 0.5) is 0 Å². The van der Waals surface area contributed by atoms with Gasteiger partial charge in [-0.3, -0.25) is 4.79 Å². The molecule has 5 N–H and O–H groups in total. The van der Waals surface area contributed by atoms with E-state index in [1.54, 1.807) is 13.8 Å². The van der Waals surface area contributed by atoms with Gasteiger partial charge in [-0.05, 0) is 19.4 Å². The van der Waals surface area contributed by atoms with Gasteiger partial charge < -0.3 is 54.0 Å². The molecule has 0 aromatic heterocycles. The van der Waals surface area contributed by atoms with E-state index in [1.807, 2.05) is 6.92 Å². The molecule has 204 valence electrons. The quantitative estimate of drug-likeness (QED) is 0.182. The molecule has 0 aromatic carbocycles. The van der Waals surface area contributed by atoms with Crippen LogP contribution in [0.5, 0.6) is 0 Å². The molecular formula is C24H30O13. The number of hydrogen-bond acceptors (Lipinski definition) is 13. The normalized spacial score (nSPS) is 59.6. The molecule has 2 aliphatic carbocycles. The molecule has 0 bridgehead atoms. The van der Waals surface area contributed by atoms with E-state index < -0.39 is 114 Å². The van der Waals surface area contributed by atoms with Gasteiger partial charge in [0.1, 0.15) is 48.1 Å². The molecular weight excluding hydrogens is 496 g/mol. The van der Waals surface area contributed by atoms with Gasteiger partial charge in [-0.25, -0.2) is 4.79 Å². The van der Waals surface area contributed by atoms with Crippen LogP contribution in [0.25, 0.3) is 0 Å². The van der Waals surface area contributed by atoms with E-state index in [-0.39, 0.29) is 0 Å². The Morgan fingerprint density at radius 1 is 0.973 bits per heavy atom. The fourth-order valence-electron chi connectivity index (χ4n) is 8.02. The topological polar surface area (TPSA) is 197 Å². The molecule has 7 rings (SSSR count). The fourth-order valence-corrected chi connectivity index (χ4v) is 8.02. The van der Waals surface area contributed by atoms with Crippen molar-refractivity contribution in [2.45, 2.75) is 99.8 Å². The molecule has 6 fully saturated rings. The van der Waals surface area contributed by atoms with Crippen molar-refractivity contribution in [3.63, 3.8) is 0 Å². The van der Waals surface area contributed by atoms with Crippen molar-refractivity contribution in [1.82, 2.24) is 0 Å². The van der Waals surface area contributed by atoms with Crippen LogP contribution in [0.2, 0.25) is 0 Å². The van der Waals surface area contributed by atoms with Gasteiger partial charge in [0.15, 0.2) is 18.0 Å². The van der Waals surface area contributed by atoms with Gasteiger partial charge in [-0.1, -0.05) is 6.92 Å². The molecule has 4 saturated heterocycles. The van der Waals surface area contributed by atoms with Crippen molar-refractivity contribution in [3.8, 4) is 0 Å². The van der Waals surface area contributed by atoms with E-state index in [1.165, 1.54) is 6.08 Å². The second-order valence-corrected chi connectivity index (χ2v) is 11.7. The highest BCUT2D eigenvalue weighted by Crippen LogP contribution is 2.75. The Morgan fingerprint density at radius 3 is 2.41 bits per heavy atom.